The van der Waals surface area contributed by atoms with Gasteiger partial charge in [0, 0.05) is 40.8 Å². The lowest BCUT2D eigenvalue weighted by molar-refractivity contribution is -0.117. The molecular formula is C23H21ClN4O4S2. The van der Waals surface area contributed by atoms with Crippen LogP contribution < -0.4 is 15.6 Å². The smallest absolute Gasteiger partial charge is 0.264 e. The lowest BCUT2D eigenvalue weighted by Crippen LogP contribution is -2.28. The first-order chi connectivity index (χ1) is 16.2. The molecule has 0 aliphatic carbocycles. The van der Waals surface area contributed by atoms with Crippen LogP contribution in [0.1, 0.15) is 18.2 Å². The maximum Gasteiger partial charge on any atom is 0.264 e. The highest BCUT2D eigenvalue weighted by molar-refractivity contribution is 7.90. The number of rotatable bonds is 7. The Morgan fingerprint density at radius 2 is 1.79 bits per heavy atom. The summed E-state index contributed by atoms with van der Waals surface area (Å²) in [6, 6.07) is 13.3. The number of amides is 1. The first-order valence-corrected chi connectivity index (χ1v) is 13.0. The summed E-state index contributed by atoms with van der Waals surface area (Å²) in [6.45, 7) is 3.40. The van der Waals surface area contributed by atoms with Gasteiger partial charge in [-0.2, -0.15) is 0 Å². The average Bonchev–Trinajstić information content (AvgIpc) is 3.20. The number of nitrogens with one attached hydrogen (secondary N) is 2. The van der Waals surface area contributed by atoms with Crippen LogP contribution in [-0.2, 0) is 21.2 Å². The predicted molar refractivity (Wildman–Crippen MR) is 134 cm³/mol. The molecule has 0 bridgehead atoms. The molecule has 0 saturated carbocycles. The number of hydrogen-bond acceptors (Lipinski definition) is 7. The van der Waals surface area contributed by atoms with Crippen LogP contribution in [-0.4, -0.2) is 30.3 Å². The molecule has 1 amide bonds. The average molecular weight is 517 g/mol. The molecule has 2 aromatic carbocycles. The van der Waals surface area contributed by atoms with Crippen molar-refractivity contribution in [1.29, 1.82) is 0 Å². The summed E-state index contributed by atoms with van der Waals surface area (Å²) in [5.74, 6) is -0.653. The maximum atomic E-state index is 13.3. The second kappa shape index (κ2) is 9.57. The molecule has 4 aromatic rings. The van der Waals surface area contributed by atoms with Crippen molar-refractivity contribution in [3.8, 4) is 11.3 Å². The van der Waals surface area contributed by atoms with E-state index in [1.165, 1.54) is 23.5 Å². The van der Waals surface area contributed by atoms with E-state index in [4.69, 9.17) is 11.6 Å². The fraction of sp³-hybridized carbons (Fsp3) is 0.174. The third-order valence-corrected chi connectivity index (χ3v) is 7.68. The van der Waals surface area contributed by atoms with Gasteiger partial charge in [-0.1, -0.05) is 23.7 Å². The fourth-order valence-electron chi connectivity index (χ4n) is 3.53. The Morgan fingerprint density at radius 1 is 1.12 bits per heavy atom. The molecule has 34 heavy (non-hydrogen) atoms. The van der Waals surface area contributed by atoms with Gasteiger partial charge in [0.25, 0.3) is 15.6 Å². The van der Waals surface area contributed by atoms with Crippen LogP contribution in [0.4, 0.5) is 5.69 Å². The number of anilines is 1. The van der Waals surface area contributed by atoms with E-state index < -0.39 is 15.9 Å². The number of nitrogens with zero attached hydrogens (tertiary/aromatic N) is 2. The highest BCUT2D eigenvalue weighted by Crippen LogP contribution is 2.26. The molecule has 0 unspecified atom stereocenters. The van der Waals surface area contributed by atoms with E-state index in [1.54, 1.807) is 28.7 Å². The summed E-state index contributed by atoms with van der Waals surface area (Å²) in [5.41, 5.74) is 3.48. The monoisotopic (exact) mass is 516 g/mol. The van der Waals surface area contributed by atoms with Gasteiger partial charge in [0.2, 0.25) is 5.91 Å². The zero-order valence-corrected chi connectivity index (χ0v) is 20.7. The number of thiazole rings is 1. The minimum atomic E-state index is -3.88. The third-order valence-electron chi connectivity index (χ3n) is 5.16. The minimum absolute atomic E-state index is 0.0100. The zero-order valence-electron chi connectivity index (χ0n) is 18.3. The second-order valence-corrected chi connectivity index (χ2v) is 10.5. The molecule has 0 atom stereocenters. The Bertz CT molecular complexity index is 1530. The Labute approximate surface area is 205 Å². The largest absolute Gasteiger partial charge is 0.385 e. The van der Waals surface area contributed by atoms with E-state index in [-0.39, 0.29) is 10.5 Å². The van der Waals surface area contributed by atoms with E-state index in [0.29, 0.717) is 39.9 Å². The number of carbonyl (C=O) groups excluding carboxylic acids is 1. The highest BCUT2D eigenvalue weighted by atomic mass is 35.5. The van der Waals surface area contributed by atoms with E-state index in [1.807, 2.05) is 29.2 Å². The summed E-state index contributed by atoms with van der Waals surface area (Å²) in [4.78, 5) is 29.6. The number of sulfonamides is 1. The lowest BCUT2D eigenvalue weighted by atomic mass is 10.1. The lowest BCUT2D eigenvalue weighted by Gasteiger charge is -2.10. The van der Waals surface area contributed by atoms with Crippen molar-refractivity contribution in [2.24, 2.45) is 0 Å². The van der Waals surface area contributed by atoms with Crippen molar-refractivity contribution in [2.45, 2.75) is 25.2 Å². The van der Waals surface area contributed by atoms with Crippen molar-refractivity contribution >= 4 is 49.5 Å². The fourth-order valence-corrected chi connectivity index (χ4v) is 5.58. The van der Waals surface area contributed by atoms with E-state index in [9.17, 15) is 18.0 Å². The predicted octanol–water partition coefficient (Wildman–Crippen LogP) is 3.86. The summed E-state index contributed by atoms with van der Waals surface area (Å²) >= 11 is 7.40. The number of carbonyl (C=O) groups is 1. The Morgan fingerprint density at radius 3 is 2.44 bits per heavy atom. The van der Waals surface area contributed by atoms with Crippen molar-refractivity contribution in [3.63, 3.8) is 0 Å². The van der Waals surface area contributed by atoms with E-state index in [0.717, 1.165) is 18.2 Å². The van der Waals surface area contributed by atoms with Crippen LogP contribution in [0.15, 0.2) is 63.6 Å². The molecule has 4 rings (SSSR count). The number of benzene rings is 2. The third kappa shape index (κ3) is 4.98. The molecule has 0 aliphatic heterocycles. The summed E-state index contributed by atoms with van der Waals surface area (Å²) in [6.07, 6.45) is 0.433. The Hall–Kier alpha value is -3.21. The minimum Gasteiger partial charge on any atom is -0.385 e. The van der Waals surface area contributed by atoms with Crippen molar-refractivity contribution in [1.82, 2.24) is 14.1 Å². The quantitative estimate of drug-likeness (QED) is 0.386. The van der Waals surface area contributed by atoms with Crippen LogP contribution in [0.25, 0.3) is 16.2 Å². The van der Waals surface area contributed by atoms with Gasteiger partial charge in [0.05, 0.1) is 10.6 Å². The van der Waals surface area contributed by atoms with Gasteiger partial charge in [0.15, 0.2) is 4.96 Å². The highest BCUT2D eigenvalue weighted by Gasteiger charge is 2.16. The zero-order chi connectivity index (χ0) is 24.5. The summed E-state index contributed by atoms with van der Waals surface area (Å²) in [5, 5.41) is 5.72. The number of aromatic nitrogens is 2. The van der Waals surface area contributed by atoms with E-state index >= 15 is 0 Å². The van der Waals surface area contributed by atoms with Gasteiger partial charge in [-0.3, -0.25) is 14.0 Å². The Balaban J connectivity index is 1.53. The number of fused-ring (bicyclic) bond motifs is 1. The van der Waals surface area contributed by atoms with Gasteiger partial charge in [-0.05, 0) is 55.3 Å². The van der Waals surface area contributed by atoms with Crippen molar-refractivity contribution in [2.75, 3.05) is 11.9 Å². The summed E-state index contributed by atoms with van der Waals surface area (Å²) in [7, 11) is -3.88. The van der Waals surface area contributed by atoms with E-state index in [2.05, 4.69) is 10.3 Å². The first kappa shape index (κ1) is 23.9. The molecule has 2 heterocycles. The van der Waals surface area contributed by atoms with Crippen LogP contribution in [0.3, 0.4) is 0 Å². The van der Waals surface area contributed by atoms with Gasteiger partial charge in [-0.25, -0.2) is 18.1 Å². The van der Waals surface area contributed by atoms with Crippen LogP contribution in [0.2, 0.25) is 5.02 Å². The molecule has 0 radical (unpaired) electrons. The molecule has 8 nitrogen and oxygen atoms in total. The number of halogens is 1. The molecule has 0 aliphatic rings. The molecule has 0 spiro atoms. The standard InChI is InChI=1S/C23H21ClN4O4S2/c1-14-20(11-12-25-18-7-9-19(10-8-18)34(31,32)27-15(2)29)22(30)28-21(13-33-23(28)26-14)16-3-5-17(24)6-4-16/h3-10,13,25H,11-12H2,1-2H3,(H,27,29). The first-order valence-electron chi connectivity index (χ1n) is 10.3. The van der Waals surface area contributed by atoms with Crippen molar-refractivity contribution < 1.29 is 13.2 Å². The van der Waals surface area contributed by atoms with Gasteiger partial charge in [0.1, 0.15) is 0 Å². The molecule has 0 saturated heterocycles. The Kier molecular flexibility index (Phi) is 6.74. The maximum absolute atomic E-state index is 13.3. The molecule has 11 heteroatoms. The van der Waals surface area contributed by atoms with Crippen molar-refractivity contribution in [3.05, 3.63) is 80.5 Å². The number of aryl methyl sites for hydroxylation is 1. The van der Waals surface area contributed by atoms with Crippen LogP contribution >= 0.6 is 22.9 Å². The van der Waals surface area contributed by atoms with Gasteiger partial charge < -0.3 is 5.32 Å². The normalized spacial score (nSPS) is 11.5. The molecule has 2 aromatic heterocycles. The second-order valence-electron chi connectivity index (χ2n) is 7.59. The molecule has 176 valence electrons. The molecular weight excluding hydrogens is 496 g/mol. The molecule has 2 N–H and O–H groups in total. The van der Waals surface area contributed by atoms with Gasteiger partial charge >= 0.3 is 0 Å². The molecule has 0 fully saturated rings. The van der Waals surface area contributed by atoms with Crippen LogP contribution in [0, 0.1) is 6.92 Å². The number of hydrogen-bond donors (Lipinski definition) is 2. The van der Waals surface area contributed by atoms with Crippen LogP contribution in [0.5, 0.6) is 0 Å². The summed E-state index contributed by atoms with van der Waals surface area (Å²) < 4.78 is 27.7. The topological polar surface area (TPSA) is 110 Å². The SMILES string of the molecule is CC(=O)NS(=O)(=O)c1ccc(NCCc2c(C)nc3scc(-c4ccc(Cl)cc4)n3c2=O)cc1. The van der Waals surface area contributed by atoms with Gasteiger partial charge in [-0.15, -0.1) is 11.3 Å².